The van der Waals surface area contributed by atoms with Crippen LogP contribution >= 0.6 is 0 Å². The number of aliphatic hydroxyl groups is 1. The number of allylic oxidation sites excluding steroid dienone is 4. The Morgan fingerprint density at radius 3 is 2.20 bits per heavy atom. The Hall–Kier alpha value is -8.94. The Morgan fingerprint density at radius 1 is 0.841 bits per heavy atom. The topological polar surface area (TPSA) is 340 Å². The number of imide groups is 1. The molecule has 26 heteroatoms. The highest BCUT2D eigenvalue weighted by molar-refractivity contribution is 6.12. The number of likely N-dealkylation sites (N-methyl/N-ethyl adjacent to an activating group) is 1. The number of ether oxygens (including phenoxy) is 2. The molecule has 4 atom stereocenters. The van der Waals surface area contributed by atoms with E-state index in [0.29, 0.717) is 65.6 Å². The van der Waals surface area contributed by atoms with E-state index >= 15 is 4.39 Å². The van der Waals surface area contributed by atoms with Gasteiger partial charge in [-0.15, -0.1) is 0 Å². The van der Waals surface area contributed by atoms with Gasteiger partial charge in [0.25, 0.3) is 17.4 Å². The number of unbranched alkanes of at least 4 members (excludes halogenated alkanes) is 2. The second-order valence-electron chi connectivity index (χ2n) is 22.8. The van der Waals surface area contributed by atoms with E-state index in [9.17, 15) is 62.6 Å². The first-order valence-corrected chi connectivity index (χ1v) is 29.5. The number of nitrogens with zero attached hydrogens (tertiary/aromatic N) is 4. The van der Waals surface area contributed by atoms with Gasteiger partial charge in [-0.05, 0) is 103 Å². The van der Waals surface area contributed by atoms with Crippen LogP contribution in [0.4, 0.5) is 4.39 Å². The summed E-state index contributed by atoms with van der Waals surface area (Å²) in [5.74, 6) is -7.62. The van der Waals surface area contributed by atoms with E-state index in [2.05, 4.69) is 31.9 Å². The molecule has 0 fully saturated rings. The van der Waals surface area contributed by atoms with Gasteiger partial charge in [-0.25, -0.2) is 14.2 Å². The monoisotopic (exact) mass is 1220 g/mol. The largest absolute Gasteiger partial charge is 0.460 e. The van der Waals surface area contributed by atoms with Crippen molar-refractivity contribution in [3.63, 3.8) is 0 Å². The van der Waals surface area contributed by atoms with Crippen molar-refractivity contribution in [1.82, 2.24) is 51.3 Å². The van der Waals surface area contributed by atoms with Gasteiger partial charge in [0.2, 0.25) is 41.4 Å². The molecule has 3 aromatic rings. The first-order valence-electron chi connectivity index (χ1n) is 29.5. The molecule has 5 heterocycles. The minimum atomic E-state index is -2.06. The summed E-state index contributed by atoms with van der Waals surface area (Å²) in [5, 5.41) is 27.7. The number of benzene rings is 1. The molecule has 25 nitrogen and oxygen atoms in total. The van der Waals surface area contributed by atoms with Crippen molar-refractivity contribution in [2.45, 2.75) is 162 Å². The fraction of sp³-hybridized carbons (Fsp3) is 0.500. The molecule has 0 saturated heterocycles. The molecule has 7 N–H and O–H groups in total. The van der Waals surface area contributed by atoms with E-state index < -0.39 is 126 Å². The predicted molar refractivity (Wildman–Crippen MR) is 318 cm³/mol. The summed E-state index contributed by atoms with van der Waals surface area (Å²) in [6.45, 7) is 9.97. The quantitative estimate of drug-likeness (QED) is 0.0171. The lowest BCUT2D eigenvalue weighted by Crippen LogP contribution is -2.52. The third kappa shape index (κ3) is 17.6. The van der Waals surface area contributed by atoms with Gasteiger partial charge in [0.05, 0.1) is 61.1 Å². The van der Waals surface area contributed by atoms with Crippen molar-refractivity contribution in [3.05, 3.63) is 98.6 Å². The molecule has 9 amide bonds. The summed E-state index contributed by atoms with van der Waals surface area (Å²) in [6.07, 6.45) is 11.0. The summed E-state index contributed by atoms with van der Waals surface area (Å²) in [7, 11) is 1.27. The van der Waals surface area contributed by atoms with Crippen LogP contribution in [0.3, 0.4) is 0 Å². The molecule has 3 aliphatic rings. The van der Waals surface area contributed by atoms with Crippen molar-refractivity contribution in [1.29, 1.82) is 0 Å². The van der Waals surface area contributed by atoms with E-state index in [1.807, 2.05) is 13.8 Å². The SMILES string of the molecule is C/C=C\C=C/CC[C@H](NC(=O)CNC(=O)CN(C)C(=O)[C@H](CC(=O)OC(C)(C)C)NC(=O)CCCCCN1C(=O)C=CC1=O)C(=O)NCC(=O)NCCCC(=O)N[C@@H](CC)c1c2c(nc3cc(F)c(C)cc13)-c1cc3c(c(=O)n1C2)COC(=O)[C@]3(O)CC. The summed E-state index contributed by atoms with van der Waals surface area (Å²) < 4.78 is 27.2. The lowest BCUT2D eigenvalue weighted by atomic mass is 9.86. The Bertz CT molecular complexity index is 3370. The number of cyclic esters (lactones) is 1. The number of pyridine rings is 2. The second kappa shape index (κ2) is 30.6. The molecular formula is C62H79FN10O15. The number of carbonyl (C=O) groups excluding carboxylic acids is 11. The number of halogens is 1. The zero-order valence-electron chi connectivity index (χ0n) is 51.0. The summed E-state index contributed by atoms with van der Waals surface area (Å²) in [4.78, 5) is 163. The van der Waals surface area contributed by atoms with Crippen molar-refractivity contribution in [3.8, 4) is 11.4 Å². The van der Waals surface area contributed by atoms with Crippen molar-refractivity contribution in [2.75, 3.05) is 39.8 Å². The smallest absolute Gasteiger partial charge is 0.343 e. The van der Waals surface area contributed by atoms with Gasteiger partial charge >= 0.3 is 11.9 Å². The summed E-state index contributed by atoms with van der Waals surface area (Å²) >= 11 is 0. The molecule has 88 heavy (non-hydrogen) atoms. The molecular weight excluding hydrogens is 1140 g/mol. The number of aromatic nitrogens is 2. The van der Waals surface area contributed by atoms with E-state index in [1.165, 1.54) is 29.8 Å². The number of carbonyl (C=O) groups is 11. The molecule has 3 aliphatic heterocycles. The Kier molecular flexibility index (Phi) is 23.7. The van der Waals surface area contributed by atoms with Crippen molar-refractivity contribution < 1.29 is 71.7 Å². The van der Waals surface area contributed by atoms with Gasteiger partial charge in [0, 0.05) is 67.7 Å². The van der Waals surface area contributed by atoms with Crippen LogP contribution in [0.15, 0.2) is 59.4 Å². The maximum absolute atomic E-state index is 15.2. The number of hydrogen-bond donors (Lipinski definition) is 7. The van der Waals surface area contributed by atoms with E-state index in [0.717, 1.165) is 9.80 Å². The first kappa shape index (κ1) is 68.2. The van der Waals surface area contributed by atoms with Crippen LogP contribution in [0, 0.1) is 12.7 Å². The van der Waals surface area contributed by atoms with Gasteiger partial charge in [-0.3, -0.25) is 57.6 Å². The highest BCUT2D eigenvalue weighted by atomic mass is 19.1. The lowest BCUT2D eigenvalue weighted by Gasteiger charge is -2.31. The van der Waals surface area contributed by atoms with Crippen LogP contribution in [-0.2, 0) is 81.0 Å². The van der Waals surface area contributed by atoms with Crippen molar-refractivity contribution in [2.24, 2.45) is 0 Å². The lowest BCUT2D eigenvalue weighted by molar-refractivity contribution is -0.172. The molecule has 474 valence electrons. The zero-order chi connectivity index (χ0) is 64.6. The Balaban J connectivity index is 0.991. The predicted octanol–water partition coefficient (Wildman–Crippen LogP) is 2.78. The van der Waals surface area contributed by atoms with Gasteiger partial charge in [-0.2, -0.15) is 0 Å². The first-order chi connectivity index (χ1) is 41.7. The zero-order valence-corrected chi connectivity index (χ0v) is 51.0. The maximum atomic E-state index is 15.2. The van der Waals surface area contributed by atoms with Crippen LogP contribution in [0.2, 0.25) is 0 Å². The highest BCUT2D eigenvalue weighted by Crippen LogP contribution is 2.42. The van der Waals surface area contributed by atoms with Crippen LogP contribution in [-0.4, -0.2) is 147 Å². The summed E-state index contributed by atoms with van der Waals surface area (Å²) in [5.41, 5.74) is -0.731. The molecule has 0 radical (unpaired) electrons. The fourth-order valence-corrected chi connectivity index (χ4v) is 10.4. The van der Waals surface area contributed by atoms with Crippen molar-refractivity contribution >= 4 is 76.0 Å². The number of esters is 2. The van der Waals surface area contributed by atoms with Gasteiger partial charge < -0.3 is 55.9 Å². The number of fused-ring (bicyclic) bond motifs is 5. The number of hydrogen-bond acceptors (Lipinski definition) is 16. The molecule has 0 spiro atoms. The summed E-state index contributed by atoms with van der Waals surface area (Å²) in [6, 6.07) is 1.25. The third-order valence-electron chi connectivity index (χ3n) is 15.0. The van der Waals surface area contributed by atoms with Crippen LogP contribution in [0.5, 0.6) is 0 Å². The normalized spacial score (nSPS) is 16.1. The number of nitrogens with one attached hydrogen (secondary N) is 6. The van der Waals surface area contributed by atoms with Gasteiger partial charge in [-0.1, -0.05) is 44.6 Å². The minimum Gasteiger partial charge on any atom is -0.460 e. The standard InChI is InChI=1S/C62H79FN10O15/c1-9-12-13-14-16-20-43(68-50(77)32-65-51(78)34-71(8)59(84)45(30-54(81)88-61(5,6)7)69-47(74)21-17-15-18-26-72-52(79)23-24-53(72)80)57(82)66-31-49(76)64-25-19-22-48(75)67-42(10-2)55-37-27-36(4)41(63)29-44(37)70-56-38(55)33-73-46(56)28-40-39(58(73)83)35-87-60(85)62(40,86)11-3/h9,12-14,23-24,27-29,42-43,45,86H,10-11,15-22,25-26,30-35H2,1-8H3,(H,64,76)(H,65,78)(H,66,82)(H,67,75)(H,68,77)(H,69,74)/b12-9-,14-13-/t42-,43-,45-,62-/m0/s1. The number of rotatable bonds is 30. The molecule has 0 saturated carbocycles. The maximum Gasteiger partial charge on any atom is 0.343 e. The van der Waals surface area contributed by atoms with Gasteiger partial charge in [0.15, 0.2) is 5.60 Å². The Morgan fingerprint density at radius 2 is 1.52 bits per heavy atom. The fourth-order valence-electron chi connectivity index (χ4n) is 10.4. The highest BCUT2D eigenvalue weighted by Gasteiger charge is 2.46. The Labute approximate surface area is 508 Å². The average Bonchev–Trinajstić information content (AvgIpc) is 1.53. The van der Waals surface area contributed by atoms with E-state index in [1.54, 1.807) is 71.1 Å². The number of amides is 9. The average molecular weight is 1220 g/mol. The van der Waals surface area contributed by atoms with Gasteiger partial charge in [0.1, 0.15) is 30.1 Å². The minimum absolute atomic E-state index is 0.0360. The number of aryl methyl sites for hydroxylation is 1. The molecule has 2 aromatic heterocycles. The third-order valence-corrected chi connectivity index (χ3v) is 15.0. The molecule has 0 bridgehead atoms. The molecule has 0 unspecified atom stereocenters. The van der Waals surface area contributed by atoms with Crippen LogP contribution in [0.25, 0.3) is 22.3 Å². The van der Waals surface area contributed by atoms with E-state index in [-0.39, 0.29) is 80.9 Å². The van der Waals surface area contributed by atoms with Crippen LogP contribution < -0.4 is 37.5 Å². The molecule has 0 aliphatic carbocycles. The van der Waals surface area contributed by atoms with E-state index in [4.69, 9.17) is 14.5 Å². The second-order valence-corrected chi connectivity index (χ2v) is 22.8. The molecule has 1 aromatic carbocycles. The van der Waals surface area contributed by atoms with Crippen LogP contribution in [0.1, 0.15) is 146 Å². The molecule has 6 rings (SSSR count).